The van der Waals surface area contributed by atoms with E-state index in [4.69, 9.17) is 4.74 Å². The van der Waals surface area contributed by atoms with Gasteiger partial charge in [-0.25, -0.2) is 0 Å². The summed E-state index contributed by atoms with van der Waals surface area (Å²) in [7, 11) is 3.45. The molecule has 1 aliphatic carbocycles. The van der Waals surface area contributed by atoms with Crippen LogP contribution in [0, 0.1) is 0 Å². The lowest BCUT2D eigenvalue weighted by Crippen LogP contribution is -2.36. The highest BCUT2D eigenvalue weighted by Gasteiger charge is 2.25. The van der Waals surface area contributed by atoms with Gasteiger partial charge in [-0.05, 0) is 43.2 Å². The first-order valence-corrected chi connectivity index (χ1v) is 11.5. The molecule has 7 nitrogen and oxygen atoms in total. The molecule has 1 N–H and O–H groups in total. The number of aryl methyl sites for hydroxylation is 1. The quantitative estimate of drug-likeness (QED) is 0.475. The van der Waals surface area contributed by atoms with E-state index < -0.39 is 0 Å². The molecule has 1 aliphatic rings. The number of hydrogen-bond donors (Lipinski definition) is 1. The fourth-order valence-electron chi connectivity index (χ4n) is 4.91. The summed E-state index contributed by atoms with van der Waals surface area (Å²) in [6, 6.07) is 15.0. The van der Waals surface area contributed by atoms with Crippen LogP contribution in [0.4, 0.5) is 0 Å². The van der Waals surface area contributed by atoms with Crippen LogP contribution in [0.1, 0.15) is 49.0 Å². The highest BCUT2D eigenvalue weighted by atomic mass is 16.5. The molecule has 0 unspecified atom stereocenters. The number of ether oxygens (including phenoxy) is 1. The molecule has 1 amide bonds. The molecule has 170 valence electrons. The van der Waals surface area contributed by atoms with Crippen LogP contribution in [0.3, 0.4) is 0 Å². The zero-order chi connectivity index (χ0) is 22.9. The molecular formula is C26H28N4O3. The molecule has 0 radical (unpaired) electrons. The predicted molar refractivity (Wildman–Crippen MR) is 129 cm³/mol. The summed E-state index contributed by atoms with van der Waals surface area (Å²) in [5.74, 6) is 0.453. The highest BCUT2D eigenvalue weighted by Crippen LogP contribution is 2.29. The lowest BCUT2D eigenvalue weighted by atomic mass is 10.1. The summed E-state index contributed by atoms with van der Waals surface area (Å²) in [6.45, 7) is 0. The molecule has 2 aromatic heterocycles. The number of nitrogens with one attached hydrogen (secondary N) is 1. The van der Waals surface area contributed by atoms with Crippen molar-refractivity contribution in [2.24, 2.45) is 7.05 Å². The van der Waals surface area contributed by atoms with E-state index in [1.807, 2.05) is 35.9 Å². The summed E-state index contributed by atoms with van der Waals surface area (Å²) in [6.07, 6.45) is 6.60. The number of hydrogen-bond acceptors (Lipinski definition) is 4. The van der Waals surface area contributed by atoms with Gasteiger partial charge in [-0.2, -0.15) is 9.78 Å². The van der Waals surface area contributed by atoms with Crippen molar-refractivity contribution in [1.29, 1.82) is 0 Å². The van der Waals surface area contributed by atoms with Crippen LogP contribution >= 0.6 is 0 Å². The van der Waals surface area contributed by atoms with E-state index in [0.29, 0.717) is 22.3 Å². The average Bonchev–Trinajstić information content (AvgIpc) is 2.97. The van der Waals surface area contributed by atoms with Crippen molar-refractivity contribution in [1.82, 2.24) is 19.7 Å². The first-order valence-electron chi connectivity index (χ1n) is 11.5. The van der Waals surface area contributed by atoms with Crippen LogP contribution in [0.5, 0.6) is 5.75 Å². The van der Waals surface area contributed by atoms with E-state index in [1.165, 1.54) is 17.5 Å². The second-order valence-corrected chi connectivity index (χ2v) is 8.73. The third kappa shape index (κ3) is 3.77. The van der Waals surface area contributed by atoms with Crippen LogP contribution < -0.4 is 15.6 Å². The second kappa shape index (κ2) is 8.73. The molecule has 33 heavy (non-hydrogen) atoms. The van der Waals surface area contributed by atoms with E-state index in [0.717, 1.165) is 36.6 Å². The Morgan fingerprint density at radius 1 is 1.03 bits per heavy atom. The number of rotatable bonds is 4. The maximum atomic E-state index is 13.6. The minimum absolute atomic E-state index is 0.133. The molecule has 0 spiro atoms. The summed E-state index contributed by atoms with van der Waals surface area (Å²) in [4.78, 5) is 27.2. The van der Waals surface area contributed by atoms with Gasteiger partial charge in [0.15, 0.2) is 5.69 Å². The standard InChI is InChI=1S/C26H28N4O3/c1-29-21-12-8-7-11-20(21)22-23(25(31)27-17-9-5-3-4-6-10-17)28-30(26(32)24(22)29)18-13-15-19(33-2)16-14-18/h7-8,11-17H,3-6,9-10H2,1-2H3,(H,27,31). The van der Waals surface area contributed by atoms with Gasteiger partial charge in [0.25, 0.3) is 11.5 Å². The van der Waals surface area contributed by atoms with E-state index in [2.05, 4.69) is 10.4 Å². The fourth-order valence-corrected chi connectivity index (χ4v) is 4.91. The summed E-state index contributed by atoms with van der Waals surface area (Å²) in [5.41, 5.74) is 1.95. The maximum Gasteiger partial charge on any atom is 0.296 e. The van der Waals surface area contributed by atoms with Gasteiger partial charge in [0, 0.05) is 29.4 Å². The Labute approximate surface area is 192 Å². The number of amides is 1. The average molecular weight is 445 g/mol. The van der Waals surface area contributed by atoms with Gasteiger partial charge in [0.05, 0.1) is 12.8 Å². The second-order valence-electron chi connectivity index (χ2n) is 8.73. The van der Waals surface area contributed by atoms with Crippen LogP contribution in [0.15, 0.2) is 53.3 Å². The first-order chi connectivity index (χ1) is 16.1. The number of aromatic nitrogens is 3. The molecule has 7 heteroatoms. The Kier molecular flexibility index (Phi) is 5.62. The Morgan fingerprint density at radius 3 is 2.42 bits per heavy atom. The first kappa shape index (κ1) is 21.2. The smallest absolute Gasteiger partial charge is 0.296 e. The predicted octanol–water partition coefficient (Wildman–Crippen LogP) is 4.34. The zero-order valence-electron chi connectivity index (χ0n) is 19.0. The van der Waals surface area contributed by atoms with Gasteiger partial charge < -0.3 is 14.6 Å². The van der Waals surface area contributed by atoms with E-state index in [9.17, 15) is 9.59 Å². The van der Waals surface area contributed by atoms with Crippen LogP contribution in [0.25, 0.3) is 27.5 Å². The molecule has 0 bridgehead atoms. The van der Waals surface area contributed by atoms with E-state index in [1.54, 1.807) is 31.4 Å². The lowest BCUT2D eigenvalue weighted by molar-refractivity contribution is 0.0928. The molecular weight excluding hydrogens is 416 g/mol. The molecule has 1 fully saturated rings. The van der Waals surface area contributed by atoms with Crippen molar-refractivity contribution >= 4 is 27.7 Å². The summed E-state index contributed by atoms with van der Waals surface area (Å²) < 4.78 is 8.43. The molecule has 0 atom stereocenters. The Balaban J connectivity index is 1.71. The van der Waals surface area contributed by atoms with E-state index >= 15 is 0 Å². The molecule has 2 aromatic carbocycles. The number of carbonyl (C=O) groups excluding carboxylic acids is 1. The molecule has 4 aromatic rings. The Morgan fingerprint density at radius 2 is 1.73 bits per heavy atom. The zero-order valence-corrected chi connectivity index (χ0v) is 19.0. The van der Waals surface area contributed by atoms with Crippen LogP contribution in [-0.4, -0.2) is 33.4 Å². The lowest BCUT2D eigenvalue weighted by Gasteiger charge is -2.17. The number of carbonyl (C=O) groups is 1. The monoisotopic (exact) mass is 444 g/mol. The molecule has 2 heterocycles. The molecule has 5 rings (SSSR count). The van der Waals surface area contributed by atoms with Crippen molar-refractivity contribution in [3.05, 3.63) is 64.6 Å². The maximum absolute atomic E-state index is 13.6. The number of nitrogens with zero attached hydrogens (tertiary/aromatic N) is 3. The molecule has 0 saturated heterocycles. The highest BCUT2D eigenvalue weighted by molar-refractivity contribution is 6.16. The third-order valence-electron chi connectivity index (χ3n) is 6.66. The van der Waals surface area contributed by atoms with Gasteiger partial charge in [-0.15, -0.1) is 0 Å². The minimum atomic E-state index is -0.264. The van der Waals surface area contributed by atoms with E-state index in [-0.39, 0.29) is 23.2 Å². The minimum Gasteiger partial charge on any atom is -0.497 e. The number of para-hydroxylation sites is 1. The van der Waals surface area contributed by atoms with Crippen molar-refractivity contribution in [3.63, 3.8) is 0 Å². The van der Waals surface area contributed by atoms with Crippen molar-refractivity contribution in [3.8, 4) is 11.4 Å². The Hall–Kier alpha value is -3.61. The summed E-state index contributed by atoms with van der Waals surface area (Å²) >= 11 is 0. The number of methoxy groups -OCH3 is 1. The van der Waals surface area contributed by atoms with Gasteiger partial charge in [-0.1, -0.05) is 43.9 Å². The van der Waals surface area contributed by atoms with Gasteiger partial charge in [0.2, 0.25) is 0 Å². The largest absolute Gasteiger partial charge is 0.497 e. The Bertz CT molecular complexity index is 1380. The normalized spacial score (nSPS) is 15.0. The number of benzene rings is 2. The van der Waals surface area contributed by atoms with Crippen LogP contribution in [-0.2, 0) is 7.05 Å². The third-order valence-corrected chi connectivity index (χ3v) is 6.66. The number of fused-ring (bicyclic) bond motifs is 3. The fraction of sp³-hybridized carbons (Fsp3) is 0.346. The topological polar surface area (TPSA) is 78.2 Å². The molecule has 0 aliphatic heterocycles. The van der Waals surface area contributed by atoms with Crippen LogP contribution in [0.2, 0.25) is 0 Å². The van der Waals surface area contributed by atoms with Crippen molar-refractivity contribution in [2.45, 2.75) is 44.6 Å². The van der Waals surface area contributed by atoms with Crippen molar-refractivity contribution in [2.75, 3.05) is 7.11 Å². The van der Waals surface area contributed by atoms with Gasteiger partial charge in [0.1, 0.15) is 11.3 Å². The van der Waals surface area contributed by atoms with Gasteiger partial charge in [-0.3, -0.25) is 9.59 Å². The molecule has 1 saturated carbocycles. The van der Waals surface area contributed by atoms with Gasteiger partial charge >= 0.3 is 0 Å². The summed E-state index contributed by atoms with van der Waals surface area (Å²) in [5, 5.41) is 9.29. The SMILES string of the molecule is COc1ccc(-n2nc(C(=O)NC3CCCCCC3)c3c4ccccc4n(C)c3c2=O)cc1. The van der Waals surface area contributed by atoms with Crippen molar-refractivity contribution < 1.29 is 9.53 Å².